The molecular formula is C51H74O6. The minimum absolute atomic E-state index is 0.133. The Bertz CT molecular complexity index is 1360. The maximum Gasteiger partial charge on any atom is 0.306 e. The summed E-state index contributed by atoms with van der Waals surface area (Å²) < 4.78 is 16.5. The summed E-state index contributed by atoms with van der Waals surface area (Å²) >= 11 is 0. The molecule has 0 spiro atoms. The first kappa shape index (κ1) is 52.3. The van der Waals surface area contributed by atoms with E-state index in [0.29, 0.717) is 19.3 Å². The van der Waals surface area contributed by atoms with Crippen molar-refractivity contribution in [3.8, 4) is 0 Å². The normalized spacial score (nSPS) is 13.5. The van der Waals surface area contributed by atoms with Crippen molar-refractivity contribution in [3.63, 3.8) is 0 Å². The third kappa shape index (κ3) is 42.3. The molecule has 0 rings (SSSR count). The van der Waals surface area contributed by atoms with E-state index < -0.39 is 6.10 Å². The molecule has 6 heteroatoms. The molecule has 1 unspecified atom stereocenters. The van der Waals surface area contributed by atoms with Crippen molar-refractivity contribution in [1.82, 2.24) is 0 Å². The highest BCUT2D eigenvalue weighted by Crippen LogP contribution is 2.10. The van der Waals surface area contributed by atoms with Crippen LogP contribution in [-0.2, 0) is 28.6 Å². The van der Waals surface area contributed by atoms with Gasteiger partial charge >= 0.3 is 17.9 Å². The lowest BCUT2D eigenvalue weighted by atomic mass is 10.1. The van der Waals surface area contributed by atoms with Gasteiger partial charge in [-0.25, -0.2) is 0 Å². The van der Waals surface area contributed by atoms with Crippen molar-refractivity contribution < 1.29 is 28.6 Å². The lowest BCUT2D eigenvalue weighted by Gasteiger charge is -2.18. The molecule has 0 aromatic heterocycles. The molecule has 0 saturated heterocycles. The number of carbonyl (C=O) groups excluding carboxylic acids is 3. The summed E-state index contributed by atoms with van der Waals surface area (Å²) in [6.45, 7) is 6.06. The average molecular weight is 783 g/mol. The van der Waals surface area contributed by atoms with E-state index in [-0.39, 0.29) is 50.4 Å². The van der Waals surface area contributed by atoms with E-state index in [0.717, 1.165) is 77.0 Å². The Kier molecular flexibility index (Phi) is 40.4. The molecule has 0 saturated carbocycles. The Morgan fingerprint density at radius 1 is 0.368 bits per heavy atom. The van der Waals surface area contributed by atoms with Crippen molar-refractivity contribution in [3.05, 3.63) is 146 Å². The number of hydrogen-bond acceptors (Lipinski definition) is 6. The minimum atomic E-state index is -0.834. The van der Waals surface area contributed by atoms with E-state index in [2.05, 4.69) is 69.4 Å². The second-order valence-electron chi connectivity index (χ2n) is 13.3. The average Bonchev–Trinajstić information content (AvgIpc) is 3.21. The van der Waals surface area contributed by atoms with Crippen molar-refractivity contribution >= 4 is 17.9 Å². The Balaban J connectivity index is 4.60. The third-order valence-electron chi connectivity index (χ3n) is 8.08. The van der Waals surface area contributed by atoms with E-state index in [4.69, 9.17) is 14.2 Å². The first-order valence-electron chi connectivity index (χ1n) is 21.5. The molecule has 314 valence electrons. The van der Waals surface area contributed by atoms with Gasteiger partial charge in [-0.3, -0.25) is 14.4 Å². The summed E-state index contributed by atoms with van der Waals surface area (Å²) in [5, 5.41) is 0. The summed E-state index contributed by atoms with van der Waals surface area (Å²) in [7, 11) is 0. The van der Waals surface area contributed by atoms with Gasteiger partial charge in [0.2, 0.25) is 0 Å². The first-order valence-corrected chi connectivity index (χ1v) is 21.5. The van der Waals surface area contributed by atoms with Gasteiger partial charge in [0, 0.05) is 19.3 Å². The topological polar surface area (TPSA) is 78.9 Å². The second-order valence-corrected chi connectivity index (χ2v) is 13.3. The molecule has 0 radical (unpaired) electrons. The molecule has 0 amide bonds. The smallest absolute Gasteiger partial charge is 0.306 e. The van der Waals surface area contributed by atoms with Gasteiger partial charge in [0.1, 0.15) is 13.2 Å². The SMILES string of the molecule is CC\C=C/C=C\C=C/C=C\C=C\C=C/CCCCCC(=O)OCC(COC(=O)CCCC/C=C\C/C=C\CC)OC(=O)CCCCC\C=C/C=C\C=C/C=C\CC. The van der Waals surface area contributed by atoms with E-state index in [1.807, 2.05) is 97.2 Å². The van der Waals surface area contributed by atoms with Gasteiger partial charge in [0.15, 0.2) is 6.10 Å². The summed E-state index contributed by atoms with van der Waals surface area (Å²) in [6, 6.07) is 0. The number of hydrogen-bond donors (Lipinski definition) is 0. The highest BCUT2D eigenvalue weighted by Gasteiger charge is 2.19. The van der Waals surface area contributed by atoms with Crippen LogP contribution in [0.15, 0.2) is 146 Å². The van der Waals surface area contributed by atoms with Gasteiger partial charge in [-0.2, -0.15) is 0 Å². The predicted octanol–water partition coefficient (Wildman–Crippen LogP) is 13.7. The third-order valence-corrected chi connectivity index (χ3v) is 8.08. The maximum absolute atomic E-state index is 12.7. The zero-order valence-electron chi connectivity index (χ0n) is 35.5. The van der Waals surface area contributed by atoms with Gasteiger partial charge in [-0.15, -0.1) is 0 Å². The highest BCUT2D eigenvalue weighted by atomic mass is 16.6. The molecule has 0 aliphatic carbocycles. The van der Waals surface area contributed by atoms with Crippen LogP contribution in [0.3, 0.4) is 0 Å². The van der Waals surface area contributed by atoms with Gasteiger partial charge in [-0.1, -0.05) is 179 Å². The Hall–Kier alpha value is -4.71. The summed E-state index contributed by atoms with van der Waals surface area (Å²) in [5.41, 5.74) is 0. The molecule has 1 atom stereocenters. The van der Waals surface area contributed by atoms with Crippen molar-refractivity contribution in [2.45, 2.75) is 142 Å². The number of unbranched alkanes of at least 4 members (excludes halogenated alkanes) is 8. The van der Waals surface area contributed by atoms with E-state index in [1.54, 1.807) is 0 Å². The van der Waals surface area contributed by atoms with Crippen LogP contribution in [0.5, 0.6) is 0 Å². The van der Waals surface area contributed by atoms with Gasteiger partial charge in [-0.05, 0) is 83.5 Å². The molecular weight excluding hydrogens is 709 g/mol. The van der Waals surface area contributed by atoms with E-state index >= 15 is 0 Å². The molecule has 0 heterocycles. The summed E-state index contributed by atoms with van der Waals surface area (Å²) in [5.74, 6) is -1.07. The van der Waals surface area contributed by atoms with Gasteiger partial charge < -0.3 is 14.2 Å². The van der Waals surface area contributed by atoms with Gasteiger partial charge in [0.25, 0.3) is 0 Å². The fraction of sp³-hybridized carbons (Fsp3) is 0.471. The van der Waals surface area contributed by atoms with Crippen LogP contribution in [-0.4, -0.2) is 37.2 Å². The lowest BCUT2D eigenvalue weighted by molar-refractivity contribution is -0.167. The fourth-order valence-corrected chi connectivity index (χ4v) is 4.93. The fourth-order valence-electron chi connectivity index (χ4n) is 4.93. The lowest BCUT2D eigenvalue weighted by Crippen LogP contribution is -2.30. The van der Waals surface area contributed by atoms with Gasteiger partial charge in [0.05, 0.1) is 0 Å². The largest absolute Gasteiger partial charge is 0.462 e. The number of rotatable bonds is 35. The van der Waals surface area contributed by atoms with Crippen LogP contribution in [0, 0.1) is 0 Å². The van der Waals surface area contributed by atoms with Crippen molar-refractivity contribution in [1.29, 1.82) is 0 Å². The van der Waals surface area contributed by atoms with Crippen molar-refractivity contribution in [2.24, 2.45) is 0 Å². The number of carbonyl (C=O) groups is 3. The zero-order valence-corrected chi connectivity index (χ0v) is 35.5. The molecule has 0 fully saturated rings. The molecule has 0 aliphatic heterocycles. The Morgan fingerprint density at radius 2 is 0.719 bits per heavy atom. The first-order chi connectivity index (χ1) is 28.0. The zero-order chi connectivity index (χ0) is 41.5. The second kappa shape index (κ2) is 44.0. The van der Waals surface area contributed by atoms with Crippen molar-refractivity contribution in [2.75, 3.05) is 13.2 Å². The highest BCUT2D eigenvalue weighted by molar-refractivity contribution is 5.71. The maximum atomic E-state index is 12.7. The Morgan fingerprint density at radius 3 is 1.18 bits per heavy atom. The number of ether oxygens (including phenoxy) is 3. The molecule has 6 nitrogen and oxygen atoms in total. The molecule has 0 aliphatic rings. The van der Waals surface area contributed by atoms with Crippen LogP contribution in [0.4, 0.5) is 0 Å². The molecule has 0 aromatic carbocycles. The standard InChI is InChI=1S/C51H74O6/c1-4-7-10-13-16-19-21-23-24-25-26-28-29-32-35-38-41-44-50(53)56-47-48(46-55-49(52)43-40-37-34-31-18-15-12-9-6-3)57-51(54)45-42-39-36-33-30-27-22-20-17-14-11-8-5-2/h7-14,16-31,48H,4-6,15,32-47H2,1-3H3/b10-7-,11-8-,12-9-,16-13-,17-14-,21-19-,22-20-,24-23-,26-25+,29-28-,30-27-,31-18-. The van der Waals surface area contributed by atoms with Crippen LogP contribution in [0.2, 0.25) is 0 Å². The van der Waals surface area contributed by atoms with Crippen LogP contribution in [0.1, 0.15) is 136 Å². The number of esters is 3. The quantitative estimate of drug-likeness (QED) is 0.0209. The molecule has 0 aromatic rings. The molecule has 0 bridgehead atoms. The summed E-state index contributed by atoms with van der Waals surface area (Å²) in [6.07, 6.45) is 62.7. The number of allylic oxidation sites excluding steroid dienone is 24. The van der Waals surface area contributed by atoms with Crippen LogP contribution < -0.4 is 0 Å². The molecule has 57 heavy (non-hydrogen) atoms. The van der Waals surface area contributed by atoms with E-state index in [9.17, 15) is 14.4 Å². The summed E-state index contributed by atoms with van der Waals surface area (Å²) in [4.78, 5) is 37.6. The Labute approximate surface area is 347 Å². The van der Waals surface area contributed by atoms with Crippen LogP contribution in [0.25, 0.3) is 0 Å². The molecule has 0 N–H and O–H groups in total. The minimum Gasteiger partial charge on any atom is -0.462 e. The predicted molar refractivity (Wildman–Crippen MR) is 242 cm³/mol. The van der Waals surface area contributed by atoms with E-state index in [1.165, 1.54) is 0 Å². The van der Waals surface area contributed by atoms with Crippen LogP contribution >= 0.6 is 0 Å². The monoisotopic (exact) mass is 783 g/mol.